The highest BCUT2D eigenvalue weighted by atomic mass is 16.5. The van der Waals surface area contributed by atoms with Crippen LogP contribution < -0.4 is 10.5 Å². The molecule has 0 bridgehead atoms. The molecule has 0 amide bonds. The predicted octanol–water partition coefficient (Wildman–Crippen LogP) is 3.21. The zero-order valence-corrected chi connectivity index (χ0v) is 11.6. The number of ketones is 1. The number of nitrogens with two attached hydrogens (primary N) is 1. The van der Waals surface area contributed by atoms with E-state index in [1.165, 1.54) is 0 Å². The van der Waals surface area contributed by atoms with Gasteiger partial charge in [-0.3, -0.25) is 4.79 Å². The van der Waals surface area contributed by atoms with Crippen LogP contribution in [-0.2, 0) is 6.42 Å². The number of carbonyl (C=O) groups is 1. The van der Waals surface area contributed by atoms with Crippen molar-refractivity contribution in [3.8, 4) is 5.75 Å². The Morgan fingerprint density at radius 2 is 1.75 bits per heavy atom. The maximum atomic E-state index is 12.4. The van der Waals surface area contributed by atoms with Crippen molar-refractivity contribution in [2.75, 3.05) is 5.73 Å². The monoisotopic (exact) mass is 267 g/mol. The minimum Gasteiger partial charge on any atom is -0.487 e. The van der Waals surface area contributed by atoms with Gasteiger partial charge in [0.15, 0.2) is 5.78 Å². The van der Waals surface area contributed by atoms with Gasteiger partial charge in [0.05, 0.1) is 0 Å². The Morgan fingerprint density at radius 1 is 1.10 bits per heavy atom. The second-order valence-corrected chi connectivity index (χ2v) is 5.81. The number of rotatable bonds is 2. The van der Waals surface area contributed by atoms with Gasteiger partial charge in [0.1, 0.15) is 11.4 Å². The fourth-order valence-electron chi connectivity index (χ4n) is 2.55. The van der Waals surface area contributed by atoms with Gasteiger partial charge in [0.2, 0.25) is 0 Å². The minimum absolute atomic E-state index is 0.0116. The van der Waals surface area contributed by atoms with E-state index < -0.39 is 0 Å². The molecule has 0 spiro atoms. The fraction of sp³-hybridized carbons (Fsp3) is 0.235. The average molecular weight is 267 g/mol. The molecule has 1 heterocycles. The van der Waals surface area contributed by atoms with E-state index in [4.69, 9.17) is 10.5 Å². The second kappa shape index (κ2) is 4.37. The fourth-order valence-corrected chi connectivity index (χ4v) is 2.55. The van der Waals surface area contributed by atoms with E-state index in [1.807, 2.05) is 18.2 Å². The van der Waals surface area contributed by atoms with Gasteiger partial charge in [-0.05, 0) is 61.9 Å². The number of anilines is 1. The van der Waals surface area contributed by atoms with E-state index in [2.05, 4.69) is 13.8 Å². The first kappa shape index (κ1) is 12.7. The Labute approximate surface area is 118 Å². The Morgan fingerprint density at radius 3 is 2.45 bits per heavy atom. The number of hydrogen-bond acceptors (Lipinski definition) is 3. The van der Waals surface area contributed by atoms with Gasteiger partial charge in [-0.1, -0.05) is 0 Å². The molecule has 102 valence electrons. The van der Waals surface area contributed by atoms with E-state index in [0.29, 0.717) is 16.8 Å². The van der Waals surface area contributed by atoms with Crippen LogP contribution in [0.3, 0.4) is 0 Å². The van der Waals surface area contributed by atoms with Gasteiger partial charge in [-0.2, -0.15) is 0 Å². The molecule has 2 aromatic carbocycles. The van der Waals surface area contributed by atoms with Crippen molar-refractivity contribution >= 4 is 11.5 Å². The van der Waals surface area contributed by atoms with Gasteiger partial charge in [0, 0.05) is 23.2 Å². The Bertz CT molecular complexity index is 672. The first-order valence-corrected chi connectivity index (χ1v) is 6.67. The van der Waals surface area contributed by atoms with Crippen LogP contribution in [-0.4, -0.2) is 11.4 Å². The normalized spacial score (nSPS) is 15.5. The summed E-state index contributed by atoms with van der Waals surface area (Å²) in [6, 6.07) is 12.6. The van der Waals surface area contributed by atoms with Crippen LogP contribution in [0.15, 0.2) is 42.5 Å². The molecule has 2 aromatic rings. The number of benzene rings is 2. The maximum absolute atomic E-state index is 12.4. The molecule has 0 fully saturated rings. The summed E-state index contributed by atoms with van der Waals surface area (Å²) in [5.41, 5.74) is 8.54. The van der Waals surface area contributed by atoms with Crippen LogP contribution in [0.5, 0.6) is 5.75 Å². The summed E-state index contributed by atoms with van der Waals surface area (Å²) < 4.78 is 5.82. The van der Waals surface area contributed by atoms with Crippen LogP contribution in [0.2, 0.25) is 0 Å². The van der Waals surface area contributed by atoms with Gasteiger partial charge in [0.25, 0.3) is 0 Å². The lowest BCUT2D eigenvalue weighted by Gasteiger charge is -2.16. The quantitative estimate of drug-likeness (QED) is 0.671. The summed E-state index contributed by atoms with van der Waals surface area (Å²) in [5.74, 6) is 0.890. The highest BCUT2D eigenvalue weighted by molar-refractivity contribution is 6.09. The Balaban J connectivity index is 1.93. The molecule has 3 heteroatoms. The molecule has 1 aliphatic rings. The van der Waals surface area contributed by atoms with Crippen molar-refractivity contribution in [1.82, 2.24) is 0 Å². The topological polar surface area (TPSA) is 52.3 Å². The molecule has 0 aliphatic carbocycles. The summed E-state index contributed by atoms with van der Waals surface area (Å²) in [5, 5.41) is 0. The first-order chi connectivity index (χ1) is 9.44. The van der Waals surface area contributed by atoms with E-state index in [9.17, 15) is 4.79 Å². The molecule has 0 aromatic heterocycles. The van der Waals surface area contributed by atoms with Crippen LogP contribution in [0.1, 0.15) is 35.3 Å². The van der Waals surface area contributed by atoms with Crippen molar-refractivity contribution in [3.05, 3.63) is 59.2 Å². The lowest BCUT2D eigenvalue weighted by Crippen LogP contribution is -2.24. The van der Waals surface area contributed by atoms with E-state index in [-0.39, 0.29) is 11.4 Å². The molecule has 0 radical (unpaired) electrons. The average Bonchev–Trinajstić information content (AvgIpc) is 2.71. The van der Waals surface area contributed by atoms with E-state index in [0.717, 1.165) is 17.7 Å². The Hall–Kier alpha value is -2.29. The molecule has 0 atom stereocenters. The number of fused-ring (bicyclic) bond motifs is 1. The zero-order valence-electron chi connectivity index (χ0n) is 11.6. The van der Waals surface area contributed by atoms with Crippen molar-refractivity contribution in [3.63, 3.8) is 0 Å². The predicted molar refractivity (Wildman–Crippen MR) is 79.1 cm³/mol. The summed E-state index contributed by atoms with van der Waals surface area (Å²) in [6.45, 7) is 4.10. The molecule has 20 heavy (non-hydrogen) atoms. The summed E-state index contributed by atoms with van der Waals surface area (Å²) in [6.07, 6.45) is 0.825. The lowest BCUT2D eigenvalue weighted by atomic mass is 9.97. The summed E-state index contributed by atoms with van der Waals surface area (Å²) in [4.78, 5) is 12.4. The van der Waals surface area contributed by atoms with Gasteiger partial charge < -0.3 is 10.5 Å². The molecular weight excluding hydrogens is 250 g/mol. The minimum atomic E-state index is -0.189. The molecule has 3 rings (SSSR count). The molecule has 1 aliphatic heterocycles. The zero-order chi connectivity index (χ0) is 14.3. The summed E-state index contributed by atoms with van der Waals surface area (Å²) in [7, 11) is 0. The molecule has 3 nitrogen and oxygen atoms in total. The number of carbonyl (C=O) groups excluding carboxylic acids is 1. The Kier molecular flexibility index (Phi) is 2.78. The largest absolute Gasteiger partial charge is 0.487 e. The van der Waals surface area contributed by atoms with Gasteiger partial charge in [-0.15, -0.1) is 0 Å². The van der Waals surface area contributed by atoms with Gasteiger partial charge in [-0.25, -0.2) is 0 Å². The highest BCUT2D eigenvalue weighted by Gasteiger charge is 2.30. The third-order valence-corrected chi connectivity index (χ3v) is 3.50. The van der Waals surface area contributed by atoms with E-state index >= 15 is 0 Å². The molecule has 0 saturated carbocycles. The smallest absolute Gasteiger partial charge is 0.193 e. The highest BCUT2D eigenvalue weighted by Crippen LogP contribution is 2.35. The van der Waals surface area contributed by atoms with Crippen LogP contribution in [0.4, 0.5) is 5.69 Å². The molecule has 0 unspecified atom stereocenters. The van der Waals surface area contributed by atoms with Crippen molar-refractivity contribution < 1.29 is 9.53 Å². The standard InChI is InChI=1S/C17H17NO2/c1-17(2)10-13-9-12(5-8-15(13)20-17)16(19)11-3-6-14(18)7-4-11/h3-9H,10,18H2,1-2H3. The number of hydrogen-bond donors (Lipinski definition) is 1. The van der Waals surface area contributed by atoms with Crippen LogP contribution in [0, 0.1) is 0 Å². The first-order valence-electron chi connectivity index (χ1n) is 6.67. The molecule has 0 saturated heterocycles. The second-order valence-electron chi connectivity index (χ2n) is 5.81. The molecule has 2 N–H and O–H groups in total. The van der Waals surface area contributed by atoms with Crippen molar-refractivity contribution in [1.29, 1.82) is 0 Å². The number of nitrogen functional groups attached to an aromatic ring is 1. The third kappa shape index (κ3) is 2.27. The van der Waals surface area contributed by atoms with Crippen LogP contribution >= 0.6 is 0 Å². The molecular formula is C17H17NO2. The van der Waals surface area contributed by atoms with Crippen molar-refractivity contribution in [2.24, 2.45) is 0 Å². The SMILES string of the molecule is CC1(C)Cc2cc(C(=O)c3ccc(N)cc3)ccc2O1. The van der Waals surface area contributed by atoms with Crippen molar-refractivity contribution in [2.45, 2.75) is 25.9 Å². The maximum Gasteiger partial charge on any atom is 0.193 e. The van der Waals surface area contributed by atoms with Gasteiger partial charge >= 0.3 is 0 Å². The van der Waals surface area contributed by atoms with Crippen LogP contribution in [0.25, 0.3) is 0 Å². The lowest BCUT2D eigenvalue weighted by molar-refractivity contribution is 0.103. The number of ether oxygens (including phenoxy) is 1. The summed E-state index contributed by atoms with van der Waals surface area (Å²) >= 11 is 0. The third-order valence-electron chi connectivity index (χ3n) is 3.50. The van der Waals surface area contributed by atoms with E-state index in [1.54, 1.807) is 24.3 Å².